The summed E-state index contributed by atoms with van der Waals surface area (Å²) in [6, 6.07) is 17.2. The van der Waals surface area contributed by atoms with Gasteiger partial charge in [-0.1, -0.05) is 61.4 Å². The predicted molar refractivity (Wildman–Crippen MR) is 109 cm³/mol. The molecule has 0 spiro atoms. The van der Waals surface area contributed by atoms with Crippen molar-refractivity contribution >= 4 is 11.9 Å². The van der Waals surface area contributed by atoms with Crippen molar-refractivity contribution < 1.29 is 9.53 Å². The van der Waals surface area contributed by atoms with Crippen molar-refractivity contribution in [3.63, 3.8) is 0 Å². The van der Waals surface area contributed by atoms with Crippen LogP contribution in [0, 0.1) is 0 Å². The number of benzene rings is 2. The number of hydrogen-bond donors (Lipinski definition) is 0. The van der Waals surface area contributed by atoms with Gasteiger partial charge in [0.05, 0.1) is 6.61 Å². The smallest absolute Gasteiger partial charge is 0.185 e. The molecular weight excluding hydrogens is 322 g/mol. The first-order valence-corrected chi connectivity index (χ1v) is 9.30. The predicted octanol–water partition coefficient (Wildman–Crippen LogP) is 5.08. The summed E-state index contributed by atoms with van der Waals surface area (Å²) in [7, 11) is 4.21. The van der Waals surface area contributed by atoms with Crippen molar-refractivity contribution in [2.45, 2.75) is 25.7 Å². The lowest BCUT2D eigenvalue weighted by Crippen LogP contribution is -2.12. The van der Waals surface area contributed by atoms with E-state index in [9.17, 15) is 4.79 Å². The third kappa shape index (κ3) is 7.66. The SMILES string of the molecule is CN(C)CCCCCCOc1cccc(C(=O)/C=C/c2ccccc2)c1. The van der Waals surface area contributed by atoms with E-state index in [1.807, 2.05) is 60.7 Å². The lowest BCUT2D eigenvalue weighted by atomic mass is 10.1. The number of allylic oxidation sites excluding steroid dienone is 1. The van der Waals surface area contributed by atoms with Gasteiger partial charge in [-0.15, -0.1) is 0 Å². The van der Waals surface area contributed by atoms with Crippen molar-refractivity contribution in [1.82, 2.24) is 4.90 Å². The van der Waals surface area contributed by atoms with Crippen molar-refractivity contribution in [2.75, 3.05) is 27.2 Å². The molecule has 0 saturated heterocycles. The average molecular weight is 351 g/mol. The quantitative estimate of drug-likeness (QED) is 0.321. The molecule has 0 aromatic heterocycles. The molecule has 0 aliphatic heterocycles. The first-order chi connectivity index (χ1) is 12.6. The Hall–Kier alpha value is -2.39. The van der Waals surface area contributed by atoms with Crippen LogP contribution in [0.2, 0.25) is 0 Å². The molecule has 0 aliphatic carbocycles. The first kappa shape index (κ1) is 19.9. The van der Waals surface area contributed by atoms with Crippen LogP contribution in [0.5, 0.6) is 5.75 Å². The number of rotatable bonds is 11. The summed E-state index contributed by atoms with van der Waals surface area (Å²) in [6.07, 6.45) is 8.11. The van der Waals surface area contributed by atoms with Gasteiger partial charge < -0.3 is 9.64 Å². The zero-order valence-electron chi connectivity index (χ0n) is 15.9. The fourth-order valence-electron chi connectivity index (χ4n) is 2.65. The number of unbranched alkanes of at least 4 members (excludes halogenated alkanes) is 3. The maximum Gasteiger partial charge on any atom is 0.185 e. The van der Waals surface area contributed by atoms with Crippen LogP contribution in [0.4, 0.5) is 0 Å². The summed E-state index contributed by atoms with van der Waals surface area (Å²) in [6.45, 7) is 1.83. The number of carbonyl (C=O) groups is 1. The fourth-order valence-corrected chi connectivity index (χ4v) is 2.65. The average Bonchev–Trinajstić information content (AvgIpc) is 2.66. The van der Waals surface area contributed by atoms with Crippen LogP contribution >= 0.6 is 0 Å². The van der Waals surface area contributed by atoms with Crippen LogP contribution in [0.1, 0.15) is 41.6 Å². The van der Waals surface area contributed by atoms with Crippen molar-refractivity contribution in [1.29, 1.82) is 0 Å². The summed E-state index contributed by atoms with van der Waals surface area (Å²) in [4.78, 5) is 14.5. The molecule has 2 aromatic carbocycles. The van der Waals surface area contributed by atoms with Crippen LogP contribution in [-0.2, 0) is 0 Å². The fraction of sp³-hybridized carbons (Fsp3) is 0.348. The van der Waals surface area contributed by atoms with Gasteiger partial charge in [-0.3, -0.25) is 4.79 Å². The third-order valence-electron chi connectivity index (χ3n) is 4.11. The molecule has 2 aromatic rings. The zero-order valence-corrected chi connectivity index (χ0v) is 15.9. The molecule has 0 saturated carbocycles. The topological polar surface area (TPSA) is 29.5 Å². The Labute approximate surface area is 157 Å². The molecule has 0 bridgehead atoms. The van der Waals surface area contributed by atoms with Crippen LogP contribution in [0.3, 0.4) is 0 Å². The molecule has 0 atom stereocenters. The van der Waals surface area contributed by atoms with Crippen molar-refractivity contribution in [3.8, 4) is 5.75 Å². The van der Waals surface area contributed by atoms with Gasteiger partial charge in [-0.25, -0.2) is 0 Å². The van der Waals surface area contributed by atoms with Gasteiger partial charge in [0.2, 0.25) is 0 Å². The van der Waals surface area contributed by atoms with E-state index in [1.54, 1.807) is 6.08 Å². The van der Waals surface area contributed by atoms with E-state index in [2.05, 4.69) is 19.0 Å². The number of carbonyl (C=O) groups excluding carboxylic acids is 1. The molecule has 2 rings (SSSR count). The summed E-state index contributed by atoms with van der Waals surface area (Å²) >= 11 is 0. The minimum Gasteiger partial charge on any atom is -0.494 e. The van der Waals surface area contributed by atoms with E-state index >= 15 is 0 Å². The van der Waals surface area contributed by atoms with Gasteiger partial charge in [0.25, 0.3) is 0 Å². The summed E-state index contributed by atoms with van der Waals surface area (Å²) in [5.41, 5.74) is 1.67. The van der Waals surface area contributed by atoms with Crippen molar-refractivity contribution in [3.05, 3.63) is 71.8 Å². The monoisotopic (exact) mass is 351 g/mol. The van der Waals surface area contributed by atoms with Crippen LogP contribution in [0.15, 0.2) is 60.7 Å². The molecule has 0 fully saturated rings. The van der Waals surface area contributed by atoms with E-state index in [4.69, 9.17) is 4.74 Å². The number of ether oxygens (including phenoxy) is 1. The Morgan fingerprint density at radius 1 is 0.962 bits per heavy atom. The molecule has 0 unspecified atom stereocenters. The summed E-state index contributed by atoms with van der Waals surface area (Å²) in [5, 5.41) is 0. The van der Waals surface area contributed by atoms with Gasteiger partial charge >= 0.3 is 0 Å². The number of nitrogens with zero attached hydrogens (tertiary/aromatic N) is 1. The summed E-state index contributed by atoms with van der Waals surface area (Å²) in [5.74, 6) is 0.750. The van der Waals surface area contributed by atoms with Crippen LogP contribution < -0.4 is 4.74 Å². The van der Waals surface area contributed by atoms with Gasteiger partial charge in [0.15, 0.2) is 5.78 Å². The van der Waals surface area contributed by atoms with Crippen LogP contribution in [0.25, 0.3) is 6.08 Å². The van der Waals surface area contributed by atoms with E-state index in [0.717, 1.165) is 24.3 Å². The maximum absolute atomic E-state index is 12.3. The largest absolute Gasteiger partial charge is 0.494 e. The van der Waals surface area contributed by atoms with E-state index in [-0.39, 0.29) is 5.78 Å². The minimum absolute atomic E-state index is 0.0111. The van der Waals surface area contributed by atoms with E-state index in [0.29, 0.717) is 12.2 Å². The second-order valence-electron chi connectivity index (χ2n) is 6.70. The molecule has 26 heavy (non-hydrogen) atoms. The molecule has 0 N–H and O–H groups in total. The van der Waals surface area contributed by atoms with Gasteiger partial charge in [-0.05, 0) is 57.3 Å². The van der Waals surface area contributed by atoms with Gasteiger partial charge in [0.1, 0.15) is 5.75 Å². The normalized spacial score (nSPS) is 11.2. The minimum atomic E-state index is -0.0111. The van der Waals surface area contributed by atoms with Crippen LogP contribution in [-0.4, -0.2) is 37.9 Å². The van der Waals surface area contributed by atoms with Gasteiger partial charge in [0, 0.05) is 5.56 Å². The molecule has 0 amide bonds. The highest BCUT2D eigenvalue weighted by Crippen LogP contribution is 2.15. The Balaban J connectivity index is 1.76. The highest BCUT2D eigenvalue weighted by Gasteiger charge is 2.04. The Morgan fingerprint density at radius 2 is 1.73 bits per heavy atom. The molecule has 0 aliphatic rings. The standard InChI is InChI=1S/C23H29NO2/c1-24(2)17-8-3-4-9-18-26-22-14-10-13-21(19-22)23(25)16-15-20-11-6-5-7-12-20/h5-7,10-16,19H,3-4,8-9,17-18H2,1-2H3/b16-15+. The lowest BCUT2D eigenvalue weighted by molar-refractivity contribution is 0.104. The maximum atomic E-state index is 12.3. The lowest BCUT2D eigenvalue weighted by Gasteiger charge is -2.09. The number of ketones is 1. The Kier molecular flexibility index (Phi) is 8.64. The van der Waals surface area contributed by atoms with Gasteiger partial charge in [-0.2, -0.15) is 0 Å². The highest BCUT2D eigenvalue weighted by atomic mass is 16.5. The third-order valence-corrected chi connectivity index (χ3v) is 4.11. The number of hydrogen-bond acceptors (Lipinski definition) is 3. The van der Waals surface area contributed by atoms with E-state index < -0.39 is 0 Å². The molecule has 3 heteroatoms. The molecule has 3 nitrogen and oxygen atoms in total. The second kappa shape index (κ2) is 11.3. The second-order valence-corrected chi connectivity index (χ2v) is 6.70. The van der Waals surface area contributed by atoms with Crippen molar-refractivity contribution in [2.24, 2.45) is 0 Å². The highest BCUT2D eigenvalue weighted by molar-refractivity contribution is 6.07. The molecule has 138 valence electrons. The zero-order chi connectivity index (χ0) is 18.6. The Bertz CT molecular complexity index is 692. The van der Waals surface area contributed by atoms with E-state index in [1.165, 1.54) is 19.3 Å². The molecular formula is C23H29NO2. The first-order valence-electron chi connectivity index (χ1n) is 9.30. The Morgan fingerprint density at radius 3 is 2.50 bits per heavy atom. The summed E-state index contributed by atoms with van der Waals surface area (Å²) < 4.78 is 5.80. The molecule has 0 heterocycles. The molecule has 0 radical (unpaired) electrons.